The number of hydrogen-bond acceptors (Lipinski definition) is 2. The minimum Gasteiger partial charge on any atom is -0.241 e. The molecule has 2 heteroatoms. The molecule has 1 radical (unpaired) electrons. The summed E-state index contributed by atoms with van der Waals surface area (Å²) in [6, 6.07) is 4.25. The molecule has 14 heavy (non-hydrogen) atoms. The summed E-state index contributed by atoms with van der Waals surface area (Å²) >= 11 is 1.74. The Hall–Kier alpha value is -1.15. The van der Waals surface area contributed by atoms with Crippen molar-refractivity contribution < 1.29 is 0 Å². The SMILES string of the molecule is [CH2]/C=C/c1ccc2sc(C)nc2c1C. The second-order valence-corrected chi connectivity index (χ2v) is 4.50. The van der Waals surface area contributed by atoms with Crippen LogP contribution >= 0.6 is 11.3 Å². The lowest BCUT2D eigenvalue weighted by molar-refractivity contribution is 1.32. The number of benzene rings is 1. The van der Waals surface area contributed by atoms with Gasteiger partial charge in [0.1, 0.15) is 0 Å². The summed E-state index contributed by atoms with van der Waals surface area (Å²) in [5.41, 5.74) is 3.58. The third-order valence-corrected chi connectivity index (χ3v) is 3.20. The lowest BCUT2D eigenvalue weighted by Crippen LogP contribution is -1.82. The van der Waals surface area contributed by atoms with E-state index in [0.29, 0.717) is 0 Å². The van der Waals surface area contributed by atoms with Crippen molar-refractivity contribution in [3.63, 3.8) is 0 Å². The Balaban J connectivity index is 2.73. The smallest absolute Gasteiger partial charge is 0.0907 e. The monoisotopic (exact) mass is 202 g/mol. The minimum atomic E-state index is 1.12. The summed E-state index contributed by atoms with van der Waals surface area (Å²) < 4.78 is 1.27. The van der Waals surface area contributed by atoms with E-state index in [1.807, 2.05) is 19.1 Å². The first-order valence-electron chi connectivity index (χ1n) is 4.55. The summed E-state index contributed by atoms with van der Waals surface area (Å²) in [5.74, 6) is 0. The number of allylic oxidation sites excluding steroid dienone is 1. The molecule has 0 N–H and O–H groups in total. The Labute approximate surface area is 88.1 Å². The predicted molar refractivity (Wildman–Crippen MR) is 63.5 cm³/mol. The number of aromatic nitrogens is 1. The molecule has 0 aliphatic carbocycles. The summed E-state index contributed by atoms with van der Waals surface area (Å²) in [6.45, 7) is 7.86. The standard InChI is InChI=1S/C12H12NS/c1-4-5-10-6-7-11-12(8(10)2)13-9(3)14-11/h4-7H,1H2,2-3H3/b5-4+. The van der Waals surface area contributed by atoms with E-state index in [2.05, 4.69) is 31.0 Å². The van der Waals surface area contributed by atoms with Crippen LogP contribution in [-0.2, 0) is 0 Å². The maximum atomic E-state index is 4.52. The fraction of sp³-hybridized carbons (Fsp3) is 0.167. The van der Waals surface area contributed by atoms with Crippen molar-refractivity contribution in [3.05, 3.63) is 41.3 Å². The van der Waals surface area contributed by atoms with E-state index < -0.39 is 0 Å². The molecule has 1 heterocycles. The normalized spacial score (nSPS) is 11.6. The number of fused-ring (bicyclic) bond motifs is 1. The van der Waals surface area contributed by atoms with Crippen molar-refractivity contribution in [1.29, 1.82) is 0 Å². The molecule has 2 rings (SSSR count). The minimum absolute atomic E-state index is 1.12. The van der Waals surface area contributed by atoms with Gasteiger partial charge >= 0.3 is 0 Å². The lowest BCUT2D eigenvalue weighted by Gasteiger charge is -1.99. The zero-order valence-corrected chi connectivity index (χ0v) is 9.19. The first-order chi connectivity index (χ1) is 6.72. The van der Waals surface area contributed by atoms with Crippen LogP contribution in [0.2, 0.25) is 0 Å². The van der Waals surface area contributed by atoms with Crippen LogP contribution in [0.15, 0.2) is 18.2 Å². The van der Waals surface area contributed by atoms with Gasteiger partial charge in [-0.25, -0.2) is 4.98 Å². The van der Waals surface area contributed by atoms with Crippen molar-refractivity contribution in [2.24, 2.45) is 0 Å². The van der Waals surface area contributed by atoms with E-state index in [0.717, 1.165) is 10.5 Å². The quantitative estimate of drug-likeness (QED) is 0.686. The molecule has 0 atom stereocenters. The zero-order chi connectivity index (χ0) is 10.1. The van der Waals surface area contributed by atoms with Crippen LogP contribution in [-0.4, -0.2) is 4.98 Å². The molecule has 1 aromatic heterocycles. The van der Waals surface area contributed by atoms with Crippen LogP contribution in [0, 0.1) is 20.8 Å². The molecule has 0 bridgehead atoms. The molecule has 71 valence electrons. The van der Waals surface area contributed by atoms with E-state index in [1.54, 1.807) is 11.3 Å². The van der Waals surface area contributed by atoms with E-state index in [9.17, 15) is 0 Å². The molecule has 0 saturated heterocycles. The molecule has 0 aliphatic rings. The zero-order valence-electron chi connectivity index (χ0n) is 8.37. The van der Waals surface area contributed by atoms with Gasteiger partial charge in [0.2, 0.25) is 0 Å². The molecular weight excluding hydrogens is 190 g/mol. The van der Waals surface area contributed by atoms with Crippen molar-refractivity contribution in [2.45, 2.75) is 13.8 Å². The molecule has 0 fully saturated rings. The number of hydrogen-bond donors (Lipinski definition) is 0. The highest BCUT2D eigenvalue weighted by Crippen LogP contribution is 2.26. The molecule has 0 spiro atoms. The number of nitrogens with zero attached hydrogens (tertiary/aromatic N) is 1. The van der Waals surface area contributed by atoms with Crippen molar-refractivity contribution in [2.75, 3.05) is 0 Å². The maximum Gasteiger partial charge on any atom is 0.0907 e. The van der Waals surface area contributed by atoms with Crippen LogP contribution in [0.5, 0.6) is 0 Å². The van der Waals surface area contributed by atoms with Crippen LogP contribution in [0.25, 0.3) is 16.3 Å². The number of thiazole rings is 1. The first-order valence-corrected chi connectivity index (χ1v) is 5.36. The van der Waals surface area contributed by atoms with E-state index in [1.165, 1.54) is 15.8 Å². The van der Waals surface area contributed by atoms with Gasteiger partial charge in [0.15, 0.2) is 0 Å². The van der Waals surface area contributed by atoms with Crippen molar-refractivity contribution in [1.82, 2.24) is 4.98 Å². The summed E-state index contributed by atoms with van der Waals surface area (Å²) in [6.07, 6.45) is 3.83. The molecular formula is C12H12NS. The van der Waals surface area contributed by atoms with E-state index >= 15 is 0 Å². The number of aryl methyl sites for hydroxylation is 2. The first kappa shape index (κ1) is 9.41. The van der Waals surface area contributed by atoms with Gasteiger partial charge in [-0.05, 0) is 38.0 Å². The van der Waals surface area contributed by atoms with Crippen molar-refractivity contribution in [3.8, 4) is 0 Å². The molecule has 0 amide bonds. The third-order valence-electron chi connectivity index (χ3n) is 2.26. The van der Waals surface area contributed by atoms with Gasteiger partial charge in [-0.2, -0.15) is 0 Å². The highest BCUT2D eigenvalue weighted by molar-refractivity contribution is 7.18. The third kappa shape index (κ3) is 1.46. The van der Waals surface area contributed by atoms with Gasteiger partial charge in [0.05, 0.1) is 15.2 Å². The Bertz CT molecular complexity index is 494. The second-order valence-electron chi connectivity index (χ2n) is 3.26. The second kappa shape index (κ2) is 3.54. The van der Waals surface area contributed by atoms with E-state index in [-0.39, 0.29) is 0 Å². The summed E-state index contributed by atoms with van der Waals surface area (Å²) in [4.78, 5) is 4.52. The Morgan fingerprint density at radius 3 is 2.86 bits per heavy atom. The topological polar surface area (TPSA) is 12.9 Å². The molecule has 0 saturated carbocycles. The van der Waals surface area contributed by atoms with Gasteiger partial charge in [-0.15, -0.1) is 11.3 Å². The van der Waals surface area contributed by atoms with Crippen LogP contribution in [0.1, 0.15) is 16.1 Å². The van der Waals surface area contributed by atoms with Crippen LogP contribution in [0.3, 0.4) is 0 Å². The summed E-state index contributed by atoms with van der Waals surface area (Å²) in [7, 11) is 0. The molecule has 2 aromatic rings. The average Bonchev–Trinajstić information content (AvgIpc) is 2.52. The van der Waals surface area contributed by atoms with Gasteiger partial charge in [-0.1, -0.05) is 18.2 Å². The maximum absolute atomic E-state index is 4.52. The van der Waals surface area contributed by atoms with Gasteiger partial charge in [-0.3, -0.25) is 0 Å². The predicted octanol–water partition coefficient (Wildman–Crippen LogP) is 3.76. The Kier molecular flexibility index (Phi) is 2.38. The summed E-state index contributed by atoms with van der Waals surface area (Å²) in [5, 5.41) is 1.12. The largest absolute Gasteiger partial charge is 0.241 e. The van der Waals surface area contributed by atoms with Gasteiger partial charge in [0, 0.05) is 0 Å². The fourth-order valence-electron chi connectivity index (χ4n) is 1.56. The Morgan fingerprint density at radius 2 is 2.14 bits per heavy atom. The molecule has 0 aliphatic heterocycles. The van der Waals surface area contributed by atoms with Crippen molar-refractivity contribution >= 4 is 27.6 Å². The fourth-order valence-corrected chi connectivity index (χ4v) is 2.45. The van der Waals surface area contributed by atoms with Gasteiger partial charge < -0.3 is 0 Å². The average molecular weight is 202 g/mol. The molecule has 1 aromatic carbocycles. The number of rotatable bonds is 1. The highest BCUT2D eigenvalue weighted by atomic mass is 32.1. The van der Waals surface area contributed by atoms with Crippen LogP contribution in [0.4, 0.5) is 0 Å². The van der Waals surface area contributed by atoms with Crippen LogP contribution < -0.4 is 0 Å². The van der Waals surface area contributed by atoms with Gasteiger partial charge in [0.25, 0.3) is 0 Å². The molecule has 1 nitrogen and oxygen atoms in total. The molecule has 0 unspecified atom stereocenters. The lowest BCUT2D eigenvalue weighted by atomic mass is 10.1. The Morgan fingerprint density at radius 1 is 1.36 bits per heavy atom. The highest BCUT2D eigenvalue weighted by Gasteiger charge is 2.05. The van der Waals surface area contributed by atoms with E-state index in [4.69, 9.17) is 0 Å².